The minimum absolute atomic E-state index is 0.00985. The van der Waals surface area contributed by atoms with Crippen molar-refractivity contribution < 1.29 is 14.3 Å². The Morgan fingerprint density at radius 3 is 2.65 bits per heavy atom. The van der Waals surface area contributed by atoms with Gasteiger partial charge in [0.05, 0.1) is 12.2 Å². The Kier molecular flexibility index (Phi) is 5.88. The first-order valence-electron chi connectivity index (χ1n) is 8.41. The minimum Gasteiger partial charge on any atom is -0.462 e. The molecule has 7 heteroatoms. The van der Waals surface area contributed by atoms with Crippen LogP contribution in [0.5, 0.6) is 0 Å². The van der Waals surface area contributed by atoms with E-state index in [4.69, 9.17) is 16.3 Å². The third kappa shape index (κ3) is 4.40. The summed E-state index contributed by atoms with van der Waals surface area (Å²) in [5, 5.41) is 3.51. The maximum Gasteiger partial charge on any atom is 0.338 e. The van der Waals surface area contributed by atoms with Gasteiger partial charge in [-0.2, -0.15) is 0 Å². The molecule has 3 rings (SSSR count). The van der Waals surface area contributed by atoms with Crippen LogP contribution in [0.15, 0.2) is 48.5 Å². The Bertz CT molecular complexity index is 795. The summed E-state index contributed by atoms with van der Waals surface area (Å²) in [6.07, 6.45) is 0.604. The van der Waals surface area contributed by atoms with E-state index in [1.54, 1.807) is 31.2 Å². The minimum atomic E-state index is -0.378. The third-order valence-electron chi connectivity index (χ3n) is 4.13. The van der Waals surface area contributed by atoms with Crippen LogP contribution in [0.25, 0.3) is 0 Å². The van der Waals surface area contributed by atoms with E-state index >= 15 is 0 Å². The van der Waals surface area contributed by atoms with Crippen LogP contribution < -0.4 is 16.2 Å². The number of ether oxygens (including phenoxy) is 1. The number of hydrogen-bond acceptors (Lipinski definition) is 5. The van der Waals surface area contributed by atoms with Gasteiger partial charge >= 0.3 is 5.97 Å². The maximum atomic E-state index is 12.4. The molecule has 1 fully saturated rings. The molecule has 2 atom stereocenters. The number of hydrazine groups is 1. The highest BCUT2D eigenvalue weighted by Crippen LogP contribution is 2.25. The number of anilines is 1. The van der Waals surface area contributed by atoms with Crippen LogP contribution in [-0.2, 0) is 9.53 Å². The molecule has 6 nitrogen and oxygen atoms in total. The molecule has 26 heavy (non-hydrogen) atoms. The van der Waals surface area contributed by atoms with E-state index in [0.717, 1.165) is 5.56 Å². The second kappa shape index (κ2) is 8.31. The molecule has 1 aliphatic rings. The Balaban J connectivity index is 1.58. The van der Waals surface area contributed by atoms with Crippen molar-refractivity contribution in [2.75, 3.05) is 11.9 Å². The lowest BCUT2D eigenvalue weighted by Crippen LogP contribution is -2.39. The summed E-state index contributed by atoms with van der Waals surface area (Å²) in [5.74, 6) is -0.526. The quantitative estimate of drug-likeness (QED) is 0.702. The van der Waals surface area contributed by atoms with Crippen LogP contribution >= 0.6 is 11.6 Å². The van der Waals surface area contributed by atoms with Gasteiger partial charge in [-0.25, -0.2) is 15.6 Å². The number of esters is 1. The van der Waals surface area contributed by atoms with Crippen LogP contribution in [0.2, 0.25) is 5.02 Å². The lowest BCUT2D eigenvalue weighted by atomic mass is 10.0. The number of halogens is 1. The number of amides is 1. The van der Waals surface area contributed by atoms with Crippen LogP contribution in [0.3, 0.4) is 0 Å². The lowest BCUT2D eigenvalue weighted by molar-refractivity contribution is -0.117. The van der Waals surface area contributed by atoms with E-state index in [1.165, 1.54) is 0 Å². The zero-order valence-corrected chi connectivity index (χ0v) is 15.0. The maximum absolute atomic E-state index is 12.4. The Morgan fingerprint density at radius 2 is 1.96 bits per heavy atom. The van der Waals surface area contributed by atoms with E-state index in [9.17, 15) is 9.59 Å². The molecule has 0 aliphatic carbocycles. The summed E-state index contributed by atoms with van der Waals surface area (Å²) in [6, 6.07) is 13.8. The zero-order chi connectivity index (χ0) is 18.5. The molecule has 3 N–H and O–H groups in total. The molecule has 1 amide bonds. The molecule has 0 aromatic heterocycles. The highest BCUT2D eigenvalue weighted by molar-refractivity contribution is 6.30. The molecule has 0 radical (unpaired) electrons. The summed E-state index contributed by atoms with van der Waals surface area (Å²) in [4.78, 5) is 24.1. The van der Waals surface area contributed by atoms with Crippen molar-refractivity contribution >= 4 is 29.2 Å². The van der Waals surface area contributed by atoms with Crippen LogP contribution in [0.1, 0.15) is 35.3 Å². The summed E-state index contributed by atoms with van der Waals surface area (Å²) in [5.41, 5.74) is 8.23. The average Bonchev–Trinajstić information content (AvgIpc) is 3.13. The summed E-state index contributed by atoms with van der Waals surface area (Å²) >= 11 is 6.02. The second-order valence-electron chi connectivity index (χ2n) is 5.97. The van der Waals surface area contributed by atoms with Crippen LogP contribution in [-0.4, -0.2) is 24.5 Å². The lowest BCUT2D eigenvalue weighted by Gasteiger charge is -2.11. The molecule has 1 heterocycles. The normalized spacial score (nSPS) is 19.2. The molecule has 2 aromatic rings. The van der Waals surface area contributed by atoms with Crippen molar-refractivity contribution in [2.45, 2.75) is 25.4 Å². The number of carbonyl (C=O) groups is 2. The van der Waals surface area contributed by atoms with Crippen LogP contribution in [0, 0.1) is 0 Å². The SMILES string of the molecule is CCOC(=O)c1ccc(NC(=O)C2CC(c3cccc(Cl)c3)NN2)cc1. The first-order chi connectivity index (χ1) is 12.6. The molecule has 136 valence electrons. The molecule has 2 unspecified atom stereocenters. The Labute approximate surface area is 156 Å². The van der Waals surface area contributed by atoms with Gasteiger partial charge in [0.25, 0.3) is 0 Å². The van der Waals surface area contributed by atoms with E-state index in [1.807, 2.05) is 24.3 Å². The van der Waals surface area contributed by atoms with Gasteiger partial charge in [0, 0.05) is 16.8 Å². The first kappa shape index (κ1) is 18.4. The Morgan fingerprint density at radius 1 is 1.19 bits per heavy atom. The van der Waals surface area contributed by atoms with Gasteiger partial charge in [0.15, 0.2) is 0 Å². The van der Waals surface area contributed by atoms with E-state index in [0.29, 0.717) is 29.3 Å². The molecular formula is C19H20ClN3O3. The fraction of sp³-hybridized carbons (Fsp3) is 0.263. The highest BCUT2D eigenvalue weighted by atomic mass is 35.5. The van der Waals surface area contributed by atoms with E-state index in [-0.39, 0.29) is 24.0 Å². The predicted molar refractivity (Wildman–Crippen MR) is 99.9 cm³/mol. The van der Waals surface area contributed by atoms with Gasteiger partial charge in [-0.05, 0) is 55.3 Å². The standard InChI is InChI=1S/C19H20ClN3O3/c1-2-26-19(25)12-6-8-15(9-7-12)21-18(24)17-11-16(22-23-17)13-4-3-5-14(20)10-13/h3-10,16-17,22-23H,2,11H2,1H3,(H,21,24). The van der Waals surface area contributed by atoms with Gasteiger partial charge in [-0.1, -0.05) is 23.7 Å². The average molecular weight is 374 g/mol. The van der Waals surface area contributed by atoms with Gasteiger partial charge in [0.1, 0.15) is 6.04 Å². The number of hydrogen-bond donors (Lipinski definition) is 3. The monoisotopic (exact) mass is 373 g/mol. The first-order valence-corrected chi connectivity index (χ1v) is 8.79. The molecule has 1 aliphatic heterocycles. The van der Waals surface area contributed by atoms with Crippen molar-refractivity contribution in [1.82, 2.24) is 10.9 Å². The van der Waals surface area contributed by atoms with Gasteiger partial charge in [-0.3, -0.25) is 4.79 Å². The fourth-order valence-corrected chi connectivity index (χ4v) is 3.00. The Hall–Kier alpha value is -2.41. The van der Waals surface area contributed by atoms with Crippen molar-refractivity contribution in [3.63, 3.8) is 0 Å². The zero-order valence-electron chi connectivity index (χ0n) is 14.3. The van der Waals surface area contributed by atoms with Crippen LogP contribution in [0.4, 0.5) is 5.69 Å². The van der Waals surface area contributed by atoms with Gasteiger partial charge < -0.3 is 10.1 Å². The molecule has 1 saturated heterocycles. The molecule has 2 aromatic carbocycles. The molecule has 0 spiro atoms. The molecule has 0 bridgehead atoms. The number of rotatable bonds is 5. The van der Waals surface area contributed by atoms with Gasteiger partial charge in [0.2, 0.25) is 5.91 Å². The number of benzene rings is 2. The molecule has 0 saturated carbocycles. The van der Waals surface area contributed by atoms with Crippen molar-refractivity contribution in [1.29, 1.82) is 0 Å². The summed E-state index contributed by atoms with van der Waals surface area (Å²) in [6.45, 7) is 2.08. The van der Waals surface area contributed by atoms with Gasteiger partial charge in [-0.15, -0.1) is 0 Å². The largest absolute Gasteiger partial charge is 0.462 e. The fourth-order valence-electron chi connectivity index (χ4n) is 2.80. The summed E-state index contributed by atoms with van der Waals surface area (Å²) < 4.78 is 4.94. The predicted octanol–water partition coefficient (Wildman–Crippen LogP) is 3.06. The van der Waals surface area contributed by atoms with Crippen molar-refractivity contribution in [3.05, 3.63) is 64.7 Å². The van der Waals surface area contributed by atoms with Crippen molar-refractivity contribution in [2.24, 2.45) is 0 Å². The van der Waals surface area contributed by atoms with Crippen molar-refractivity contribution in [3.8, 4) is 0 Å². The third-order valence-corrected chi connectivity index (χ3v) is 4.37. The van der Waals surface area contributed by atoms with E-state index < -0.39 is 0 Å². The second-order valence-corrected chi connectivity index (χ2v) is 6.41. The highest BCUT2D eigenvalue weighted by Gasteiger charge is 2.30. The molecular weight excluding hydrogens is 354 g/mol. The smallest absolute Gasteiger partial charge is 0.338 e. The van der Waals surface area contributed by atoms with E-state index in [2.05, 4.69) is 16.2 Å². The topological polar surface area (TPSA) is 79.5 Å². The number of carbonyl (C=O) groups excluding carboxylic acids is 2. The number of nitrogens with one attached hydrogen (secondary N) is 3. The summed E-state index contributed by atoms with van der Waals surface area (Å²) in [7, 11) is 0.